The Bertz CT molecular complexity index is 1340. The Hall–Kier alpha value is -4.08. The number of carbonyl (C=O) groups is 4. The van der Waals surface area contributed by atoms with Gasteiger partial charge in [-0.1, -0.05) is 41.1 Å². The van der Waals surface area contributed by atoms with E-state index in [2.05, 4.69) is 30.9 Å². The fourth-order valence-corrected chi connectivity index (χ4v) is 6.22. The highest BCUT2D eigenvalue weighted by molar-refractivity contribution is 8.01. The third-order valence-electron chi connectivity index (χ3n) is 5.50. The zero-order valence-electron chi connectivity index (χ0n) is 18.9. The Morgan fingerprint density at radius 3 is 2.73 bits per heavy atom. The van der Waals surface area contributed by atoms with Crippen molar-refractivity contribution >= 4 is 47.3 Å². The molecule has 2 aliphatic rings. The van der Waals surface area contributed by atoms with Crippen LogP contribution in [0.1, 0.15) is 11.1 Å². The van der Waals surface area contributed by atoms with E-state index >= 15 is 0 Å². The maximum absolute atomic E-state index is 12.9. The van der Waals surface area contributed by atoms with E-state index in [1.54, 1.807) is 24.3 Å². The minimum atomic E-state index is -1.28. The van der Waals surface area contributed by atoms with Gasteiger partial charge in [0.2, 0.25) is 11.1 Å². The molecule has 3 heterocycles. The van der Waals surface area contributed by atoms with Crippen molar-refractivity contribution in [2.24, 2.45) is 5.11 Å². The summed E-state index contributed by atoms with van der Waals surface area (Å²) < 4.78 is 1.08. The largest absolute Gasteiger partial charge is 0.480 e. The van der Waals surface area contributed by atoms with Crippen molar-refractivity contribution in [2.45, 2.75) is 36.1 Å². The van der Waals surface area contributed by atoms with Crippen LogP contribution in [0.2, 0.25) is 0 Å². The van der Waals surface area contributed by atoms with Gasteiger partial charge in [0, 0.05) is 16.4 Å². The van der Waals surface area contributed by atoms with Gasteiger partial charge >= 0.3 is 11.9 Å². The molecule has 17 heteroatoms. The van der Waals surface area contributed by atoms with Gasteiger partial charge in [-0.15, -0.1) is 16.9 Å². The lowest BCUT2D eigenvalue weighted by atomic mass is 10.0. The second kappa shape index (κ2) is 11.3. The predicted octanol–water partition coefficient (Wildman–Crippen LogP) is 0.641. The smallest absolute Gasteiger partial charge is 0.352 e. The first-order valence-electron chi connectivity index (χ1n) is 10.7. The number of amides is 2. The Balaban J connectivity index is 1.43. The van der Waals surface area contributed by atoms with Crippen LogP contribution in [-0.4, -0.2) is 82.0 Å². The topological polar surface area (TPSA) is 216 Å². The maximum atomic E-state index is 12.9. The number of nitrogens with one attached hydrogen (secondary N) is 1. The minimum Gasteiger partial charge on any atom is -0.480 e. The first-order valence-corrected chi connectivity index (χ1v) is 12.7. The van der Waals surface area contributed by atoms with E-state index in [4.69, 9.17) is 10.6 Å². The molecule has 2 atom stereocenters. The van der Waals surface area contributed by atoms with Gasteiger partial charge in [-0.05, 0) is 32.7 Å². The van der Waals surface area contributed by atoms with Gasteiger partial charge in [0.15, 0.2) is 0 Å². The molecule has 15 nitrogen and oxygen atoms in total. The molecule has 1 fully saturated rings. The molecule has 0 saturated carbocycles. The number of benzene rings is 1. The highest BCUT2D eigenvalue weighted by atomic mass is 32.2. The van der Waals surface area contributed by atoms with E-state index in [0.717, 1.165) is 21.3 Å². The molecule has 3 N–H and O–H groups in total. The van der Waals surface area contributed by atoms with Gasteiger partial charge in [0.1, 0.15) is 23.7 Å². The van der Waals surface area contributed by atoms with E-state index in [9.17, 15) is 24.3 Å². The number of carboxylic acids is 2. The highest BCUT2D eigenvalue weighted by Crippen LogP contribution is 2.41. The number of hydrogen-bond acceptors (Lipinski definition) is 10. The number of thioether (sulfide) groups is 2. The molecule has 192 valence electrons. The average molecular weight is 546 g/mol. The molecule has 1 aromatic carbocycles. The quantitative estimate of drug-likeness (QED) is 0.117. The summed E-state index contributed by atoms with van der Waals surface area (Å²) in [6, 6.07) is 6.10. The lowest BCUT2D eigenvalue weighted by Crippen LogP contribution is -2.70. The second-order valence-electron chi connectivity index (χ2n) is 7.85. The van der Waals surface area contributed by atoms with Crippen molar-refractivity contribution in [1.29, 1.82) is 0 Å². The molecular weight excluding hydrogens is 526 g/mol. The first-order chi connectivity index (χ1) is 17.8. The van der Waals surface area contributed by atoms with Crippen LogP contribution in [0, 0.1) is 0 Å². The Kier molecular flexibility index (Phi) is 7.95. The Morgan fingerprint density at radius 2 is 2.03 bits per heavy atom. The van der Waals surface area contributed by atoms with Gasteiger partial charge < -0.3 is 15.5 Å². The number of carboxylic acid groups (broad SMARTS) is 2. The molecule has 1 aromatic heterocycles. The van der Waals surface area contributed by atoms with Crippen molar-refractivity contribution in [3.63, 3.8) is 0 Å². The average Bonchev–Trinajstić information content (AvgIpc) is 3.30. The summed E-state index contributed by atoms with van der Waals surface area (Å²) in [7, 11) is 0. The van der Waals surface area contributed by atoms with Crippen LogP contribution in [0.4, 0.5) is 0 Å². The standard InChI is InChI=1S/C20H19N9O6S2/c21-25-22-6-11-4-2-1-3-10(11)5-13(30)23-15-17(33)29-16(19(34)35)12(8-36-18(15)29)9-37-20-24-26-27-28(20)7-14(31)32/h1-4,15,18H,5-9H2,(H,23,30)(H,31,32)(H,34,35)/t15?,18-/m1/s1. The molecule has 1 unspecified atom stereocenters. The molecule has 0 radical (unpaired) electrons. The summed E-state index contributed by atoms with van der Waals surface area (Å²) in [5, 5.41) is 35.4. The summed E-state index contributed by atoms with van der Waals surface area (Å²) >= 11 is 2.38. The van der Waals surface area contributed by atoms with E-state index in [1.807, 2.05) is 0 Å². The van der Waals surface area contributed by atoms with Gasteiger partial charge in [0.05, 0.1) is 13.0 Å². The molecule has 2 aliphatic heterocycles. The van der Waals surface area contributed by atoms with Crippen LogP contribution in [0.15, 0.2) is 45.8 Å². The predicted molar refractivity (Wildman–Crippen MR) is 129 cm³/mol. The number of aromatic nitrogens is 4. The normalized spacial score (nSPS) is 18.5. The van der Waals surface area contributed by atoms with E-state index in [0.29, 0.717) is 16.7 Å². The molecule has 0 spiro atoms. The number of carbonyl (C=O) groups excluding carboxylic acids is 2. The van der Waals surface area contributed by atoms with Crippen molar-refractivity contribution < 1.29 is 29.4 Å². The summed E-state index contributed by atoms with van der Waals surface area (Å²) in [5.74, 6) is -2.96. The summed E-state index contributed by atoms with van der Waals surface area (Å²) in [6.07, 6.45) is -0.0349. The molecule has 4 rings (SSSR count). The Labute approximate surface area is 216 Å². The fourth-order valence-electron chi connectivity index (χ4n) is 3.86. The third kappa shape index (κ3) is 5.68. The van der Waals surface area contributed by atoms with Gasteiger partial charge in [0.25, 0.3) is 5.91 Å². The molecular formula is C20H19N9O6S2. The number of tetrazole rings is 1. The fraction of sp³-hybridized carbons (Fsp3) is 0.350. The Morgan fingerprint density at radius 1 is 1.27 bits per heavy atom. The van der Waals surface area contributed by atoms with Crippen LogP contribution < -0.4 is 5.32 Å². The number of aliphatic carboxylic acids is 2. The van der Waals surface area contributed by atoms with Crippen molar-refractivity contribution in [2.75, 3.05) is 11.5 Å². The second-order valence-corrected chi connectivity index (χ2v) is 9.90. The number of β-lactam (4-membered cyclic amide) rings is 1. The van der Waals surface area contributed by atoms with Crippen LogP contribution in [0.25, 0.3) is 10.4 Å². The van der Waals surface area contributed by atoms with Gasteiger partial charge in [-0.25, -0.2) is 9.48 Å². The van der Waals surface area contributed by atoms with Crippen LogP contribution in [-0.2, 0) is 38.7 Å². The molecule has 37 heavy (non-hydrogen) atoms. The maximum Gasteiger partial charge on any atom is 0.352 e. The zero-order valence-corrected chi connectivity index (χ0v) is 20.6. The first kappa shape index (κ1) is 26.0. The van der Waals surface area contributed by atoms with E-state index in [-0.39, 0.29) is 35.3 Å². The number of nitrogens with zero attached hydrogens (tertiary/aromatic N) is 8. The zero-order chi connectivity index (χ0) is 26.5. The summed E-state index contributed by atoms with van der Waals surface area (Å²) in [5.41, 5.74) is 10.2. The number of azide groups is 1. The van der Waals surface area contributed by atoms with Crippen molar-refractivity contribution in [1.82, 2.24) is 30.4 Å². The number of fused-ring (bicyclic) bond motifs is 1. The molecule has 2 amide bonds. The summed E-state index contributed by atoms with van der Waals surface area (Å²) in [4.78, 5) is 52.5. The molecule has 1 saturated heterocycles. The van der Waals surface area contributed by atoms with E-state index in [1.165, 1.54) is 11.8 Å². The van der Waals surface area contributed by atoms with Crippen molar-refractivity contribution in [3.8, 4) is 0 Å². The number of hydrogen-bond donors (Lipinski definition) is 3. The minimum absolute atomic E-state index is 0.0349. The highest BCUT2D eigenvalue weighted by Gasteiger charge is 2.54. The monoisotopic (exact) mass is 545 g/mol. The van der Waals surface area contributed by atoms with E-state index < -0.39 is 41.7 Å². The van der Waals surface area contributed by atoms with Crippen LogP contribution >= 0.6 is 23.5 Å². The van der Waals surface area contributed by atoms with Crippen molar-refractivity contribution in [3.05, 3.63) is 57.1 Å². The van der Waals surface area contributed by atoms with Crippen LogP contribution in [0.3, 0.4) is 0 Å². The molecule has 0 bridgehead atoms. The van der Waals surface area contributed by atoms with Gasteiger partial charge in [-0.2, -0.15) is 0 Å². The summed E-state index contributed by atoms with van der Waals surface area (Å²) in [6.45, 7) is -0.357. The molecule has 2 aromatic rings. The SMILES string of the molecule is [N-]=[N+]=NCc1ccccc1CC(=O)NC1C(=O)N2C(C(=O)O)=C(CSc3nnnn3CC(=O)O)CS[C@H]12. The third-order valence-corrected chi connectivity index (χ3v) is 7.88. The molecule has 0 aliphatic carbocycles. The van der Waals surface area contributed by atoms with Gasteiger partial charge in [-0.3, -0.25) is 19.3 Å². The van der Waals surface area contributed by atoms with Crippen LogP contribution in [0.5, 0.6) is 0 Å². The lowest BCUT2D eigenvalue weighted by Gasteiger charge is -2.49. The lowest BCUT2D eigenvalue weighted by molar-refractivity contribution is -0.150. The number of rotatable bonds is 11.